The molecule has 0 saturated heterocycles. The first-order valence-electron chi connectivity index (χ1n) is 6.22. The van der Waals surface area contributed by atoms with E-state index in [2.05, 4.69) is 20.8 Å². The Morgan fingerprint density at radius 3 is 2.59 bits per heavy atom. The minimum absolute atomic E-state index is 0.0788. The van der Waals surface area contributed by atoms with Gasteiger partial charge in [0.25, 0.3) is 0 Å². The number of hydrogen-bond donors (Lipinski definition) is 1. The average molecular weight is 240 g/mol. The van der Waals surface area contributed by atoms with Crippen LogP contribution in [0.2, 0.25) is 0 Å². The summed E-state index contributed by atoms with van der Waals surface area (Å²) in [6.45, 7) is 5.54. The van der Waals surface area contributed by atoms with Crippen molar-refractivity contribution in [1.82, 2.24) is 0 Å². The summed E-state index contributed by atoms with van der Waals surface area (Å²) in [5.41, 5.74) is -0.569. The van der Waals surface area contributed by atoms with Gasteiger partial charge in [-0.15, -0.1) is 0 Å². The van der Waals surface area contributed by atoms with Gasteiger partial charge in [-0.05, 0) is 30.1 Å². The molecule has 2 rings (SSSR count). The van der Waals surface area contributed by atoms with Crippen LogP contribution in [0.5, 0.6) is 0 Å². The van der Waals surface area contributed by atoms with Gasteiger partial charge in [0, 0.05) is 0 Å². The van der Waals surface area contributed by atoms with Crippen LogP contribution in [0.3, 0.4) is 0 Å². The Morgan fingerprint density at radius 2 is 2.00 bits per heavy atom. The molecule has 3 unspecified atom stereocenters. The van der Waals surface area contributed by atoms with E-state index >= 15 is 0 Å². The molecule has 1 N–H and O–H groups in total. The molecule has 17 heavy (non-hydrogen) atoms. The highest BCUT2D eigenvalue weighted by molar-refractivity contribution is 5.92. The second-order valence-corrected chi connectivity index (χ2v) is 6.05. The van der Waals surface area contributed by atoms with E-state index < -0.39 is 24.0 Å². The van der Waals surface area contributed by atoms with Crippen molar-refractivity contribution >= 4 is 11.9 Å². The summed E-state index contributed by atoms with van der Waals surface area (Å²) in [5.74, 6) is -0.461. The number of hydrogen-bond acceptors (Lipinski definition) is 4. The molecule has 0 amide bonds. The minimum atomic E-state index is -0.843. The molecule has 4 heteroatoms. The van der Waals surface area contributed by atoms with Gasteiger partial charge in [-0.1, -0.05) is 27.2 Å². The number of carbonyl (C=O) groups is 2. The zero-order valence-electron chi connectivity index (χ0n) is 10.7. The Balaban J connectivity index is 2.17. The molecule has 0 radical (unpaired) electrons. The number of ether oxygens (including phenoxy) is 1. The number of aliphatic hydroxyl groups is 1. The highest BCUT2D eigenvalue weighted by Gasteiger charge is 2.76. The van der Waals surface area contributed by atoms with Crippen molar-refractivity contribution in [1.29, 1.82) is 0 Å². The Bertz CT molecular complexity index is 360. The third-order valence-corrected chi connectivity index (χ3v) is 4.85. The quantitative estimate of drug-likeness (QED) is 0.587. The van der Waals surface area contributed by atoms with Gasteiger partial charge in [0.15, 0.2) is 0 Å². The molecular formula is C13H20O4. The molecule has 0 aromatic carbocycles. The molecule has 0 heterocycles. The highest BCUT2D eigenvalue weighted by Crippen LogP contribution is 2.75. The van der Waals surface area contributed by atoms with Crippen LogP contribution in [-0.4, -0.2) is 23.7 Å². The summed E-state index contributed by atoms with van der Waals surface area (Å²) in [7, 11) is 0. The van der Waals surface area contributed by atoms with Crippen LogP contribution in [0.4, 0.5) is 0 Å². The van der Waals surface area contributed by atoms with Crippen molar-refractivity contribution in [2.45, 2.75) is 40.0 Å². The molecule has 3 atom stereocenters. The van der Waals surface area contributed by atoms with E-state index in [-0.39, 0.29) is 5.41 Å². The van der Waals surface area contributed by atoms with Gasteiger partial charge in [-0.25, -0.2) is 4.79 Å². The number of aliphatic hydroxyl groups excluding tert-OH is 1. The standard InChI is InChI=1S/C13H20O4/c1-8-4-5-9-12(2,3)13(9,6-8)11(16)17-10(15)7-14/h8-9,14H,4-7H2,1-3H3. The average Bonchev–Trinajstić information content (AvgIpc) is 2.76. The number of carbonyl (C=O) groups excluding carboxylic acids is 2. The second kappa shape index (κ2) is 3.80. The minimum Gasteiger partial charge on any atom is -0.391 e. The zero-order chi connectivity index (χ0) is 12.8. The summed E-state index contributed by atoms with van der Waals surface area (Å²) in [5, 5.41) is 8.63. The maximum Gasteiger partial charge on any atom is 0.339 e. The first kappa shape index (κ1) is 12.6. The molecule has 2 fully saturated rings. The zero-order valence-corrected chi connectivity index (χ0v) is 10.7. The molecular weight excluding hydrogens is 220 g/mol. The summed E-state index contributed by atoms with van der Waals surface area (Å²) in [4.78, 5) is 23.2. The summed E-state index contributed by atoms with van der Waals surface area (Å²) in [6.07, 6.45) is 2.95. The number of esters is 2. The molecule has 0 aliphatic heterocycles. The predicted molar refractivity (Wildman–Crippen MR) is 60.9 cm³/mol. The van der Waals surface area contributed by atoms with Crippen molar-refractivity contribution in [2.24, 2.45) is 22.7 Å². The van der Waals surface area contributed by atoms with E-state index in [9.17, 15) is 9.59 Å². The Hall–Kier alpha value is -0.900. The van der Waals surface area contributed by atoms with Crippen LogP contribution in [0.15, 0.2) is 0 Å². The van der Waals surface area contributed by atoms with Gasteiger partial charge >= 0.3 is 11.9 Å². The normalized spacial score (nSPS) is 38.1. The molecule has 2 aliphatic rings. The lowest BCUT2D eigenvalue weighted by molar-refractivity contribution is -0.167. The van der Waals surface area contributed by atoms with Gasteiger partial charge < -0.3 is 9.84 Å². The fourth-order valence-electron chi connectivity index (χ4n) is 3.80. The Kier molecular flexibility index (Phi) is 2.81. The molecule has 2 aliphatic carbocycles. The largest absolute Gasteiger partial charge is 0.391 e. The van der Waals surface area contributed by atoms with Crippen molar-refractivity contribution in [2.75, 3.05) is 6.61 Å². The van der Waals surface area contributed by atoms with Crippen LogP contribution >= 0.6 is 0 Å². The van der Waals surface area contributed by atoms with Gasteiger partial charge in [0.2, 0.25) is 0 Å². The lowest BCUT2D eigenvalue weighted by atomic mass is 9.80. The van der Waals surface area contributed by atoms with E-state index in [0.717, 1.165) is 19.3 Å². The third kappa shape index (κ3) is 1.61. The van der Waals surface area contributed by atoms with Crippen molar-refractivity contribution in [3.63, 3.8) is 0 Å². The monoisotopic (exact) mass is 240 g/mol. The predicted octanol–water partition coefficient (Wildman–Crippen LogP) is 1.51. The highest BCUT2D eigenvalue weighted by atomic mass is 16.6. The molecule has 0 aromatic heterocycles. The van der Waals surface area contributed by atoms with Crippen LogP contribution in [0.1, 0.15) is 40.0 Å². The van der Waals surface area contributed by atoms with Gasteiger partial charge in [-0.3, -0.25) is 4.79 Å². The van der Waals surface area contributed by atoms with Crippen molar-refractivity contribution in [3.8, 4) is 0 Å². The summed E-state index contributed by atoms with van der Waals surface area (Å²) >= 11 is 0. The smallest absolute Gasteiger partial charge is 0.339 e. The maximum atomic E-state index is 12.1. The van der Waals surface area contributed by atoms with Crippen molar-refractivity contribution in [3.05, 3.63) is 0 Å². The van der Waals surface area contributed by atoms with E-state index in [1.165, 1.54) is 0 Å². The third-order valence-electron chi connectivity index (χ3n) is 4.85. The van der Waals surface area contributed by atoms with Crippen LogP contribution in [0, 0.1) is 22.7 Å². The SMILES string of the molecule is CC1CCC2C(C)(C)C2(C(=O)OC(=O)CO)C1. The Labute approximate surface area is 101 Å². The summed E-state index contributed by atoms with van der Waals surface area (Å²) < 4.78 is 4.74. The molecule has 0 spiro atoms. The molecule has 2 saturated carbocycles. The van der Waals surface area contributed by atoms with E-state index in [1.807, 2.05) is 0 Å². The fraction of sp³-hybridized carbons (Fsp3) is 0.846. The van der Waals surface area contributed by atoms with Gasteiger partial charge in [0.1, 0.15) is 6.61 Å². The number of fused-ring (bicyclic) bond motifs is 1. The topological polar surface area (TPSA) is 63.6 Å². The van der Waals surface area contributed by atoms with E-state index in [0.29, 0.717) is 11.8 Å². The van der Waals surface area contributed by atoms with Gasteiger partial charge in [0.05, 0.1) is 5.41 Å². The van der Waals surface area contributed by atoms with E-state index in [1.54, 1.807) is 0 Å². The van der Waals surface area contributed by atoms with Crippen molar-refractivity contribution < 1.29 is 19.4 Å². The summed E-state index contributed by atoms with van der Waals surface area (Å²) in [6, 6.07) is 0. The number of rotatable bonds is 2. The van der Waals surface area contributed by atoms with Gasteiger partial charge in [-0.2, -0.15) is 0 Å². The van der Waals surface area contributed by atoms with Crippen LogP contribution < -0.4 is 0 Å². The fourth-order valence-corrected chi connectivity index (χ4v) is 3.80. The molecule has 4 nitrogen and oxygen atoms in total. The lowest BCUT2D eigenvalue weighted by Gasteiger charge is -2.25. The molecule has 0 aromatic rings. The van der Waals surface area contributed by atoms with Crippen LogP contribution in [-0.2, 0) is 14.3 Å². The maximum absolute atomic E-state index is 12.1. The second-order valence-electron chi connectivity index (χ2n) is 6.05. The first-order valence-corrected chi connectivity index (χ1v) is 6.22. The molecule has 0 bridgehead atoms. The van der Waals surface area contributed by atoms with Crippen LogP contribution in [0.25, 0.3) is 0 Å². The Morgan fingerprint density at radius 1 is 1.35 bits per heavy atom. The van der Waals surface area contributed by atoms with E-state index in [4.69, 9.17) is 9.84 Å². The lowest BCUT2D eigenvalue weighted by Crippen LogP contribution is -2.31. The molecule has 96 valence electrons. The first-order chi connectivity index (χ1) is 7.86.